The number of nitrogens with zero attached hydrogens (tertiary/aromatic N) is 3. The van der Waals surface area contributed by atoms with Crippen LogP contribution in [0.5, 0.6) is 5.88 Å². The summed E-state index contributed by atoms with van der Waals surface area (Å²) in [5, 5.41) is 0. The standard InChI is InChI=1S/C15H18F3N3O/c1-2-3-4-8-22-14-9-13(19-11-20-14)21-7-5-6-12(10-21)15(16,17)18/h9,11-12H,2,5-8,10H2,1H3. The number of aromatic nitrogens is 2. The molecule has 0 bridgehead atoms. The van der Waals surface area contributed by atoms with Crippen LogP contribution in [0.4, 0.5) is 19.0 Å². The maximum atomic E-state index is 12.8. The fourth-order valence-corrected chi connectivity index (χ4v) is 2.32. The van der Waals surface area contributed by atoms with Crippen molar-refractivity contribution in [3.05, 3.63) is 12.4 Å². The van der Waals surface area contributed by atoms with E-state index in [0.29, 0.717) is 24.7 Å². The number of rotatable bonds is 3. The number of alkyl halides is 3. The molecule has 4 nitrogen and oxygen atoms in total. The molecular weight excluding hydrogens is 295 g/mol. The van der Waals surface area contributed by atoms with E-state index in [0.717, 1.165) is 6.42 Å². The smallest absolute Gasteiger partial charge is 0.393 e. The van der Waals surface area contributed by atoms with E-state index >= 15 is 0 Å². The fraction of sp³-hybridized carbons (Fsp3) is 0.600. The Hall–Kier alpha value is -1.97. The van der Waals surface area contributed by atoms with E-state index in [1.807, 2.05) is 6.92 Å². The maximum Gasteiger partial charge on any atom is 0.393 e. The first-order chi connectivity index (χ1) is 10.5. The van der Waals surface area contributed by atoms with E-state index in [2.05, 4.69) is 21.8 Å². The third-order valence-electron chi connectivity index (χ3n) is 3.43. The maximum absolute atomic E-state index is 12.8. The predicted octanol–water partition coefficient (Wildman–Crippen LogP) is 3.05. The van der Waals surface area contributed by atoms with Gasteiger partial charge in [-0.2, -0.15) is 13.2 Å². The molecule has 0 N–H and O–H groups in total. The summed E-state index contributed by atoms with van der Waals surface area (Å²) in [5.41, 5.74) is 0. The first-order valence-electron chi connectivity index (χ1n) is 7.23. The number of anilines is 1. The second-order valence-electron chi connectivity index (χ2n) is 5.04. The molecule has 0 radical (unpaired) electrons. The Morgan fingerprint density at radius 2 is 2.18 bits per heavy atom. The highest BCUT2D eigenvalue weighted by Crippen LogP contribution is 2.34. The van der Waals surface area contributed by atoms with Crippen LogP contribution < -0.4 is 9.64 Å². The summed E-state index contributed by atoms with van der Waals surface area (Å²) in [6.07, 6.45) is -1.46. The summed E-state index contributed by atoms with van der Waals surface area (Å²) in [4.78, 5) is 9.64. The average molecular weight is 313 g/mol. The SMILES string of the molecule is CCC#CCOc1cc(N2CCCC(C(F)(F)F)C2)ncn1. The average Bonchev–Trinajstić information content (AvgIpc) is 2.51. The Kier molecular flexibility index (Phi) is 5.47. The van der Waals surface area contributed by atoms with Crippen molar-refractivity contribution in [3.63, 3.8) is 0 Å². The van der Waals surface area contributed by atoms with Gasteiger partial charge in [0.15, 0.2) is 6.61 Å². The minimum Gasteiger partial charge on any atom is -0.464 e. The van der Waals surface area contributed by atoms with Crippen LogP contribution in [-0.2, 0) is 0 Å². The van der Waals surface area contributed by atoms with Gasteiger partial charge >= 0.3 is 6.18 Å². The van der Waals surface area contributed by atoms with Gasteiger partial charge in [-0.05, 0) is 12.8 Å². The fourth-order valence-electron chi connectivity index (χ4n) is 2.32. The second-order valence-corrected chi connectivity index (χ2v) is 5.04. The molecule has 0 saturated carbocycles. The van der Waals surface area contributed by atoms with Crippen molar-refractivity contribution in [2.24, 2.45) is 5.92 Å². The molecule has 0 amide bonds. The molecule has 0 spiro atoms. The molecule has 1 aliphatic heterocycles. The van der Waals surface area contributed by atoms with E-state index in [1.54, 1.807) is 11.0 Å². The summed E-state index contributed by atoms with van der Waals surface area (Å²) in [5.74, 6) is 5.15. The molecule has 1 unspecified atom stereocenters. The Labute approximate surface area is 127 Å². The largest absolute Gasteiger partial charge is 0.464 e. The Morgan fingerprint density at radius 3 is 2.91 bits per heavy atom. The molecule has 7 heteroatoms. The van der Waals surface area contributed by atoms with Crippen molar-refractivity contribution in [2.75, 3.05) is 24.6 Å². The summed E-state index contributed by atoms with van der Waals surface area (Å²) in [6, 6.07) is 1.56. The van der Waals surface area contributed by atoms with Gasteiger partial charge in [0.1, 0.15) is 12.1 Å². The van der Waals surface area contributed by atoms with Crippen LogP contribution in [0.25, 0.3) is 0 Å². The van der Waals surface area contributed by atoms with Crippen LogP contribution in [-0.4, -0.2) is 35.8 Å². The summed E-state index contributed by atoms with van der Waals surface area (Å²) in [6.45, 7) is 2.62. The zero-order chi connectivity index (χ0) is 16.0. The molecular formula is C15H18F3N3O. The molecule has 1 saturated heterocycles. The van der Waals surface area contributed by atoms with Gasteiger partial charge in [-0.15, -0.1) is 5.92 Å². The zero-order valence-electron chi connectivity index (χ0n) is 12.4. The van der Waals surface area contributed by atoms with E-state index in [9.17, 15) is 13.2 Å². The van der Waals surface area contributed by atoms with Gasteiger partial charge in [-0.1, -0.05) is 12.8 Å². The van der Waals surface area contributed by atoms with Crippen molar-refractivity contribution in [2.45, 2.75) is 32.4 Å². The molecule has 1 fully saturated rings. The molecule has 120 valence electrons. The van der Waals surface area contributed by atoms with E-state index in [-0.39, 0.29) is 19.6 Å². The minimum absolute atomic E-state index is 0.0738. The molecule has 2 rings (SSSR count). The molecule has 0 aromatic carbocycles. The lowest BCUT2D eigenvalue weighted by Gasteiger charge is -2.34. The number of piperidine rings is 1. The van der Waals surface area contributed by atoms with Gasteiger partial charge in [0, 0.05) is 25.6 Å². The third kappa shape index (κ3) is 4.52. The highest BCUT2D eigenvalue weighted by Gasteiger charge is 2.42. The van der Waals surface area contributed by atoms with Crippen molar-refractivity contribution in [3.8, 4) is 17.7 Å². The number of ether oxygens (including phenoxy) is 1. The minimum atomic E-state index is -4.17. The molecule has 1 aromatic heterocycles. The summed E-state index contributed by atoms with van der Waals surface area (Å²) < 4.78 is 43.9. The van der Waals surface area contributed by atoms with Crippen LogP contribution in [0.1, 0.15) is 26.2 Å². The lowest BCUT2D eigenvalue weighted by atomic mass is 9.97. The number of halogens is 3. The lowest BCUT2D eigenvalue weighted by Crippen LogP contribution is -2.42. The normalized spacial score (nSPS) is 18.5. The molecule has 1 aliphatic rings. The topological polar surface area (TPSA) is 38.2 Å². The van der Waals surface area contributed by atoms with Crippen molar-refractivity contribution in [1.82, 2.24) is 9.97 Å². The number of hydrogen-bond acceptors (Lipinski definition) is 4. The van der Waals surface area contributed by atoms with Crippen LogP contribution in [0.3, 0.4) is 0 Å². The highest BCUT2D eigenvalue weighted by atomic mass is 19.4. The van der Waals surface area contributed by atoms with Gasteiger partial charge in [0.25, 0.3) is 0 Å². The molecule has 2 heterocycles. The van der Waals surface area contributed by atoms with Gasteiger partial charge < -0.3 is 9.64 Å². The van der Waals surface area contributed by atoms with Crippen LogP contribution in [0.2, 0.25) is 0 Å². The van der Waals surface area contributed by atoms with Gasteiger partial charge in [0.2, 0.25) is 5.88 Å². The highest BCUT2D eigenvalue weighted by molar-refractivity contribution is 5.41. The van der Waals surface area contributed by atoms with E-state index in [1.165, 1.54) is 6.33 Å². The zero-order valence-corrected chi connectivity index (χ0v) is 12.4. The quantitative estimate of drug-likeness (QED) is 0.804. The van der Waals surface area contributed by atoms with Crippen LogP contribution >= 0.6 is 0 Å². The van der Waals surface area contributed by atoms with Crippen molar-refractivity contribution >= 4 is 5.82 Å². The molecule has 0 aliphatic carbocycles. The summed E-state index contributed by atoms with van der Waals surface area (Å²) in [7, 11) is 0. The van der Waals surface area contributed by atoms with Crippen molar-refractivity contribution in [1.29, 1.82) is 0 Å². The second kappa shape index (κ2) is 7.34. The number of hydrogen-bond donors (Lipinski definition) is 0. The molecule has 1 aromatic rings. The van der Waals surface area contributed by atoms with E-state index < -0.39 is 12.1 Å². The summed E-state index contributed by atoms with van der Waals surface area (Å²) >= 11 is 0. The lowest BCUT2D eigenvalue weighted by molar-refractivity contribution is -0.176. The predicted molar refractivity (Wildman–Crippen MR) is 76.6 cm³/mol. The van der Waals surface area contributed by atoms with Crippen LogP contribution in [0, 0.1) is 17.8 Å². The third-order valence-corrected chi connectivity index (χ3v) is 3.43. The Morgan fingerprint density at radius 1 is 1.36 bits per heavy atom. The first kappa shape index (κ1) is 16.4. The van der Waals surface area contributed by atoms with Gasteiger partial charge in [0.05, 0.1) is 5.92 Å². The van der Waals surface area contributed by atoms with E-state index in [4.69, 9.17) is 4.74 Å². The van der Waals surface area contributed by atoms with Gasteiger partial charge in [-0.25, -0.2) is 9.97 Å². The monoisotopic (exact) mass is 313 g/mol. The Bertz CT molecular complexity index is 551. The van der Waals surface area contributed by atoms with Gasteiger partial charge in [-0.3, -0.25) is 0 Å². The van der Waals surface area contributed by atoms with Crippen molar-refractivity contribution < 1.29 is 17.9 Å². The molecule has 1 atom stereocenters. The Balaban J connectivity index is 2.02. The first-order valence-corrected chi connectivity index (χ1v) is 7.23. The van der Waals surface area contributed by atoms with Crippen LogP contribution in [0.15, 0.2) is 12.4 Å². The molecule has 22 heavy (non-hydrogen) atoms.